The number of hydrogen-bond acceptors (Lipinski definition) is 4. The molecule has 2 N–H and O–H groups in total. The van der Waals surface area contributed by atoms with Crippen LogP contribution in [-0.4, -0.2) is 28.6 Å². The van der Waals surface area contributed by atoms with E-state index in [1.54, 1.807) is 0 Å². The van der Waals surface area contributed by atoms with Gasteiger partial charge in [-0.2, -0.15) is 0 Å². The van der Waals surface area contributed by atoms with Crippen molar-refractivity contribution in [2.75, 3.05) is 13.2 Å². The molecule has 0 bridgehead atoms. The van der Waals surface area contributed by atoms with E-state index in [2.05, 4.69) is 10.3 Å². The molecule has 0 saturated carbocycles. The summed E-state index contributed by atoms with van der Waals surface area (Å²) in [6, 6.07) is 7.93. The number of benzene rings is 1. The Bertz CT molecular complexity index is 884. The van der Waals surface area contributed by atoms with Gasteiger partial charge in [0, 0.05) is 25.4 Å². The van der Waals surface area contributed by atoms with Crippen molar-refractivity contribution < 1.29 is 9.53 Å². The van der Waals surface area contributed by atoms with E-state index in [1.807, 2.05) is 24.3 Å². The summed E-state index contributed by atoms with van der Waals surface area (Å²) in [6.07, 6.45) is 2.95. The quantitative estimate of drug-likeness (QED) is 0.839. The van der Waals surface area contributed by atoms with Crippen molar-refractivity contribution in [3.8, 4) is 5.75 Å². The molecule has 1 atom stereocenters. The first kappa shape index (κ1) is 17.0. The molecule has 0 unspecified atom stereocenters. The molecule has 0 saturated heterocycles. The topological polar surface area (TPSA) is 93.2 Å². The Morgan fingerprint density at radius 1 is 1.36 bits per heavy atom. The standard InChI is InChI=1S/C18H21N3O4/c1-21-17(23)14(11-20-18(21)24)9-16(22)19-10-12-6-7-25-15-5-3-2-4-13(15)8-12/h2-5,11-12H,6-10H2,1H3,(H,19,22)(H,20,24)/t12-/m0/s1. The van der Waals surface area contributed by atoms with E-state index in [0.29, 0.717) is 13.2 Å². The highest BCUT2D eigenvalue weighted by atomic mass is 16.5. The predicted molar refractivity (Wildman–Crippen MR) is 92.8 cm³/mol. The first-order valence-electron chi connectivity index (χ1n) is 8.29. The summed E-state index contributed by atoms with van der Waals surface area (Å²) in [6.45, 7) is 1.15. The zero-order chi connectivity index (χ0) is 17.8. The van der Waals surface area contributed by atoms with Gasteiger partial charge < -0.3 is 15.0 Å². The number of aromatic amines is 1. The number of rotatable bonds is 4. The maximum absolute atomic E-state index is 12.2. The highest BCUT2D eigenvalue weighted by Gasteiger charge is 2.18. The number of ether oxygens (including phenoxy) is 1. The number of hydrogen-bond donors (Lipinski definition) is 2. The third-order valence-corrected chi connectivity index (χ3v) is 4.46. The fraction of sp³-hybridized carbons (Fsp3) is 0.389. The molecular formula is C18H21N3O4. The van der Waals surface area contributed by atoms with Gasteiger partial charge in [0.2, 0.25) is 5.91 Å². The normalized spacial score (nSPS) is 16.4. The first-order chi connectivity index (χ1) is 12.0. The lowest BCUT2D eigenvalue weighted by Crippen LogP contribution is -2.37. The van der Waals surface area contributed by atoms with Crippen LogP contribution in [0.5, 0.6) is 5.75 Å². The van der Waals surface area contributed by atoms with Gasteiger partial charge in [-0.25, -0.2) is 4.79 Å². The summed E-state index contributed by atoms with van der Waals surface area (Å²) in [4.78, 5) is 37.9. The Balaban J connectivity index is 1.59. The maximum Gasteiger partial charge on any atom is 0.328 e. The molecule has 3 rings (SSSR count). The second-order valence-corrected chi connectivity index (χ2v) is 6.28. The molecule has 7 nitrogen and oxygen atoms in total. The summed E-state index contributed by atoms with van der Waals surface area (Å²) >= 11 is 0. The van der Waals surface area contributed by atoms with E-state index >= 15 is 0 Å². The van der Waals surface area contributed by atoms with Gasteiger partial charge in [-0.1, -0.05) is 18.2 Å². The maximum atomic E-state index is 12.2. The molecule has 132 valence electrons. The van der Waals surface area contributed by atoms with E-state index in [0.717, 1.165) is 28.7 Å². The fourth-order valence-corrected chi connectivity index (χ4v) is 2.97. The fourth-order valence-electron chi connectivity index (χ4n) is 2.97. The van der Waals surface area contributed by atoms with E-state index in [-0.39, 0.29) is 23.8 Å². The molecule has 0 fully saturated rings. The van der Waals surface area contributed by atoms with Gasteiger partial charge in [0.15, 0.2) is 0 Å². The Morgan fingerprint density at radius 3 is 3.00 bits per heavy atom. The number of para-hydroxylation sites is 1. The largest absolute Gasteiger partial charge is 0.493 e. The van der Waals surface area contributed by atoms with Crippen LogP contribution < -0.4 is 21.3 Å². The predicted octanol–water partition coefficient (Wildman–Crippen LogP) is 0.374. The van der Waals surface area contributed by atoms with Crippen molar-refractivity contribution in [3.05, 3.63) is 62.4 Å². The van der Waals surface area contributed by atoms with Gasteiger partial charge in [0.1, 0.15) is 5.75 Å². The van der Waals surface area contributed by atoms with Crippen molar-refractivity contribution in [2.45, 2.75) is 19.3 Å². The van der Waals surface area contributed by atoms with Gasteiger partial charge in [-0.3, -0.25) is 14.2 Å². The summed E-state index contributed by atoms with van der Waals surface area (Å²) in [5.74, 6) is 0.960. The summed E-state index contributed by atoms with van der Waals surface area (Å²) < 4.78 is 6.69. The van der Waals surface area contributed by atoms with Gasteiger partial charge in [0.05, 0.1) is 13.0 Å². The molecule has 1 aromatic carbocycles. The lowest BCUT2D eigenvalue weighted by Gasteiger charge is -2.14. The summed E-state index contributed by atoms with van der Waals surface area (Å²) in [5.41, 5.74) is 0.477. The number of nitrogens with one attached hydrogen (secondary N) is 2. The molecule has 2 aromatic rings. The molecule has 1 amide bonds. The highest BCUT2D eigenvalue weighted by molar-refractivity contribution is 5.78. The van der Waals surface area contributed by atoms with E-state index in [9.17, 15) is 14.4 Å². The molecule has 1 aliphatic heterocycles. The average Bonchev–Trinajstić information content (AvgIpc) is 2.82. The minimum Gasteiger partial charge on any atom is -0.493 e. The van der Waals surface area contributed by atoms with E-state index < -0.39 is 11.2 Å². The Hall–Kier alpha value is -2.83. The van der Waals surface area contributed by atoms with Crippen LogP contribution in [0.4, 0.5) is 0 Å². The Kier molecular flexibility index (Phi) is 5.02. The van der Waals surface area contributed by atoms with Crippen molar-refractivity contribution in [2.24, 2.45) is 13.0 Å². The minimum absolute atomic E-state index is 0.0523. The van der Waals surface area contributed by atoms with Crippen molar-refractivity contribution in [3.63, 3.8) is 0 Å². The Morgan fingerprint density at radius 2 is 2.16 bits per heavy atom. The third kappa shape index (κ3) is 3.99. The van der Waals surface area contributed by atoms with Crippen LogP contribution in [0.15, 0.2) is 40.1 Å². The lowest BCUT2D eigenvalue weighted by molar-refractivity contribution is -0.120. The molecular weight excluding hydrogens is 322 g/mol. The minimum atomic E-state index is -0.494. The highest BCUT2D eigenvalue weighted by Crippen LogP contribution is 2.26. The first-order valence-corrected chi connectivity index (χ1v) is 8.29. The monoisotopic (exact) mass is 343 g/mol. The molecule has 0 aliphatic carbocycles. The molecule has 0 radical (unpaired) electrons. The van der Waals surface area contributed by atoms with Crippen LogP contribution in [0.25, 0.3) is 0 Å². The second-order valence-electron chi connectivity index (χ2n) is 6.28. The van der Waals surface area contributed by atoms with Gasteiger partial charge in [-0.15, -0.1) is 0 Å². The number of nitrogens with zero attached hydrogens (tertiary/aromatic N) is 1. The SMILES string of the molecule is Cn1c(=O)[nH]cc(CC(=O)NC[C@H]2CCOc3ccccc3C2)c1=O. The number of carbonyl (C=O) groups is 1. The van der Waals surface area contributed by atoms with Crippen LogP contribution >= 0.6 is 0 Å². The van der Waals surface area contributed by atoms with Crippen LogP contribution in [-0.2, 0) is 24.7 Å². The van der Waals surface area contributed by atoms with Crippen LogP contribution in [0.2, 0.25) is 0 Å². The van der Waals surface area contributed by atoms with Gasteiger partial charge in [0.25, 0.3) is 5.56 Å². The zero-order valence-electron chi connectivity index (χ0n) is 14.1. The Labute approximate surface area is 144 Å². The van der Waals surface area contributed by atoms with Crippen molar-refractivity contribution in [1.29, 1.82) is 0 Å². The van der Waals surface area contributed by atoms with E-state index in [4.69, 9.17) is 4.74 Å². The number of carbonyl (C=O) groups excluding carboxylic acids is 1. The summed E-state index contributed by atoms with van der Waals surface area (Å²) in [7, 11) is 1.38. The van der Waals surface area contributed by atoms with Crippen molar-refractivity contribution >= 4 is 5.91 Å². The molecule has 7 heteroatoms. The molecule has 1 aliphatic rings. The van der Waals surface area contributed by atoms with Gasteiger partial charge in [-0.05, 0) is 30.4 Å². The van der Waals surface area contributed by atoms with Crippen LogP contribution in [0, 0.1) is 5.92 Å². The average molecular weight is 343 g/mol. The molecule has 1 aromatic heterocycles. The third-order valence-electron chi connectivity index (χ3n) is 4.46. The second kappa shape index (κ2) is 7.38. The van der Waals surface area contributed by atoms with Gasteiger partial charge >= 0.3 is 5.69 Å². The van der Waals surface area contributed by atoms with E-state index in [1.165, 1.54) is 13.2 Å². The molecule has 25 heavy (non-hydrogen) atoms. The van der Waals surface area contributed by atoms with Crippen molar-refractivity contribution in [1.82, 2.24) is 14.9 Å². The molecule has 0 spiro atoms. The number of amides is 1. The number of fused-ring (bicyclic) bond motifs is 1. The number of aromatic nitrogens is 2. The smallest absolute Gasteiger partial charge is 0.328 e. The number of H-pyrrole nitrogens is 1. The van der Waals surface area contributed by atoms with Crippen LogP contribution in [0.3, 0.4) is 0 Å². The molecule has 2 heterocycles. The zero-order valence-corrected chi connectivity index (χ0v) is 14.1. The van der Waals surface area contributed by atoms with Crippen LogP contribution in [0.1, 0.15) is 17.5 Å². The lowest BCUT2D eigenvalue weighted by atomic mass is 9.97. The summed E-state index contributed by atoms with van der Waals surface area (Å²) in [5, 5.41) is 2.89.